The van der Waals surface area contributed by atoms with Crippen molar-refractivity contribution >= 4 is 0 Å². The number of rotatable bonds is 7. The summed E-state index contributed by atoms with van der Waals surface area (Å²) >= 11 is 0. The van der Waals surface area contributed by atoms with Crippen molar-refractivity contribution in [2.24, 2.45) is 11.8 Å². The van der Waals surface area contributed by atoms with Gasteiger partial charge in [0.1, 0.15) is 5.82 Å². The summed E-state index contributed by atoms with van der Waals surface area (Å²) in [5.74, 6) is 5.97. The van der Waals surface area contributed by atoms with Crippen molar-refractivity contribution in [2.45, 2.75) is 52.5 Å². The van der Waals surface area contributed by atoms with E-state index in [9.17, 15) is 4.39 Å². The van der Waals surface area contributed by atoms with Crippen molar-refractivity contribution in [1.82, 2.24) is 5.43 Å². The van der Waals surface area contributed by atoms with Crippen molar-refractivity contribution in [2.75, 3.05) is 0 Å². The molecule has 0 aliphatic carbocycles. The molecule has 0 aromatic heterocycles. The highest BCUT2D eigenvalue weighted by molar-refractivity contribution is 5.26. The summed E-state index contributed by atoms with van der Waals surface area (Å²) in [6.07, 6.45) is 4.46. The standard InChI is InChI=1S/C15H25FN2/c1-4-6-12(7-5-2)15(18-17)13-8-11(3)9-14(16)10-13/h8-10,12,15,18H,4-7,17H2,1-3H3. The maximum absolute atomic E-state index is 13.5. The molecule has 0 radical (unpaired) electrons. The normalized spacial score (nSPS) is 13.0. The number of benzene rings is 1. The number of hydrogen-bond acceptors (Lipinski definition) is 2. The van der Waals surface area contributed by atoms with E-state index in [4.69, 9.17) is 5.84 Å². The molecule has 3 heteroatoms. The highest BCUT2D eigenvalue weighted by atomic mass is 19.1. The van der Waals surface area contributed by atoms with Crippen LogP contribution in [-0.4, -0.2) is 0 Å². The predicted octanol–water partition coefficient (Wildman–Crippen LogP) is 3.85. The minimum atomic E-state index is -0.183. The molecule has 1 aromatic carbocycles. The molecule has 0 amide bonds. The molecule has 0 aliphatic rings. The van der Waals surface area contributed by atoms with Crippen LogP contribution in [0.1, 0.15) is 56.7 Å². The largest absolute Gasteiger partial charge is 0.271 e. The van der Waals surface area contributed by atoms with Gasteiger partial charge in [-0.15, -0.1) is 0 Å². The molecular weight excluding hydrogens is 227 g/mol. The lowest BCUT2D eigenvalue weighted by Crippen LogP contribution is -2.33. The third-order valence-electron chi connectivity index (χ3n) is 3.39. The highest BCUT2D eigenvalue weighted by Crippen LogP contribution is 2.30. The van der Waals surface area contributed by atoms with Gasteiger partial charge >= 0.3 is 0 Å². The Morgan fingerprint density at radius 3 is 2.22 bits per heavy atom. The lowest BCUT2D eigenvalue weighted by Gasteiger charge is -2.27. The monoisotopic (exact) mass is 252 g/mol. The van der Waals surface area contributed by atoms with Crippen molar-refractivity contribution < 1.29 is 4.39 Å². The summed E-state index contributed by atoms with van der Waals surface area (Å²) < 4.78 is 13.5. The second kappa shape index (κ2) is 7.49. The number of hydrazine groups is 1. The van der Waals surface area contributed by atoms with E-state index in [1.54, 1.807) is 12.1 Å². The van der Waals surface area contributed by atoms with Crippen LogP contribution in [0.4, 0.5) is 4.39 Å². The molecule has 0 spiro atoms. The SMILES string of the molecule is CCCC(CCC)C(NN)c1cc(C)cc(F)c1. The Hall–Kier alpha value is -0.930. The van der Waals surface area contributed by atoms with Gasteiger partial charge in [-0.05, 0) is 48.9 Å². The van der Waals surface area contributed by atoms with E-state index >= 15 is 0 Å². The highest BCUT2D eigenvalue weighted by Gasteiger charge is 2.21. The summed E-state index contributed by atoms with van der Waals surface area (Å²) in [6, 6.07) is 5.20. The molecule has 0 saturated carbocycles. The van der Waals surface area contributed by atoms with Crippen molar-refractivity contribution in [3.05, 3.63) is 35.1 Å². The number of halogens is 1. The van der Waals surface area contributed by atoms with E-state index in [1.807, 2.05) is 13.0 Å². The summed E-state index contributed by atoms with van der Waals surface area (Å²) in [4.78, 5) is 0. The quantitative estimate of drug-likeness (QED) is 0.571. The maximum atomic E-state index is 13.5. The van der Waals surface area contributed by atoms with Gasteiger partial charge in [-0.2, -0.15) is 0 Å². The Morgan fingerprint density at radius 2 is 1.78 bits per heavy atom. The number of nitrogens with one attached hydrogen (secondary N) is 1. The molecule has 18 heavy (non-hydrogen) atoms. The Morgan fingerprint density at radius 1 is 1.17 bits per heavy atom. The lowest BCUT2D eigenvalue weighted by molar-refractivity contribution is 0.318. The van der Waals surface area contributed by atoms with Crippen LogP contribution < -0.4 is 11.3 Å². The Balaban J connectivity index is 2.97. The van der Waals surface area contributed by atoms with Gasteiger partial charge in [-0.1, -0.05) is 32.8 Å². The zero-order valence-electron chi connectivity index (χ0n) is 11.7. The third kappa shape index (κ3) is 4.07. The number of nitrogens with two attached hydrogens (primary N) is 1. The van der Waals surface area contributed by atoms with Gasteiger partial charge in [0, 0.05) is 6.04 Å². The van der Waals surface area contributed by atoms with Crippen LogP contribution in [0.15, 0.2) is 18.2 Å². The van der Waals surface area contributed by atoms with E-state index in [0.29, 0.717) is 5.92 Å². The average molecular weight is 252 g/mol. The van der Waals surface area contributed by atoms with Gasteiger partial charge in [0.25, 0.3) is 0 Å². The fraction of sp³-hybridized carbons (Fsp3) is 0.600. The molecule has 1 atom stereocenters. The zero-order chi connectivity index (χ0) is 13.5. The van der Waals surface area contributed by atoms with E-state index in [1.165, 1.54) is 0 Å². The molecule has 0 bridgehead atoms. The van der Waals surface area contributed by atoms with E-state index in [0.717, 1.165) is 36.8 Å². The fourth-order valence-electron chi connectivity index (χ4n) is 2.67. The van der Waals surface area contributed by atoms with Crippen LogP contribution in [0.3, 0.4) is 0 Å². The molecule has 0 aliphatic heterocycles. The predicted molar refractivity (Wildman–Crippen MR) is 74.5 cm³/mol. The molecule has 0 heterocycles. The summed E-state index contributed by atoms with van der Waals surface area (Å²) in [7, 11) is 0. The van der Waals surface area contributed by atoms with Crippen LogP contribution in [0, 0.1) is 18.7 Å². The first-order valence-corrected chi connectivity index (χ1v) is 6.85. The number of hydrogen-bond donors (Lipinski definition) is 2. The van der Waals surface area contributed by atoms with E-state index in [2.05, 4.69) is 19.3 Å². The summed E-state index contributed by atoms with van der Waals surface area (Å²) in [6.45, 7) is 6.26. The van der Waals surface area contributed by atoms with Gasteiger partial charge < -0.3 is 0 Å². The third-order valence-corrected chi connectivity index (χ3v) is 3.39. The molecule has 1 unspecified atom stereocenters. The van der Waals surface area contributed by atoms with Crippen molar-refractivity contribution in [3.63, 3.8) is 0 Å². The van der Waals surface area contributed by atoms with Crippen LogP contribution in [-0.2, 0) is 0 Å². The zero-order valence-corrected chi connectivity index (χ0v) is 11.7. The van der Waals surface area contributed by atoms with Crippen LogP contribution in [0.2, 0.25) is 0 Å². The molecule has 2 nitrogen and oxygen atoms in total. The van der Waals surface area contributed by atoms with Gasteiger partial charge in [0.2, 0.25) is 0 Å². The van der Waals surface area contributed by atoms with Crippen LogP contribution >= 0.6 is 0 Å². The minimum Gasteiger partial charge on any atom is -0.271 e. The first-order chi connectivity index (χ1) is 8.62. The van der Waals surface area contributed by atoms with Crippen LogP contribution in [0.25, 0.3) is 0 Å². The first kappa shape index (κ1) is 15.1. The Labute approximate surface area is 110 Å². The molecular formula is C15H25FN2. The Kier molecular flexibility index (Phi) is 6.30. The van der Waals surface area contributed by atoms with Crippen molar-refractivity contribution in [3.8, 4) is 0 Å². The topological polar surface area (TPSA) is 38.0 Å². The van der Waals surface area contributed by atoms with Crippen LogP contribution in [0.5, 0.6) is 0 Å². The molecule has 102 valence electrons. The first-order valence-electron chi connectivity index (χ1n) is 6.85. The second-order valence-corrected chi connectivity index (χ2v) is 5.04. The summed E-state index contributed by atoms with van der Waals surface area (Å²) in [5, 5.41) is 0. The molecule has 3 N–H and O–H groups in total. The smallest absolute Gasteiger partial charge is 0.123 e. The van der Waals surface area contributed by atoms with Gasteiger partial charge in [-0.3, -0.25) is 11.3 Å². The number of aryl methyl sites for hydroxylation is 1. The van der Waals surface area contributed by atoms with Gasteiger partial charge in [0.15, 0.2) is 0 Å². The van der Waals surface area contributed by atoms with E-state index in [-0.39, 0.29) is 11.9 Å². The molecule has 1 aromatic rings. The lowest BCUT2D eigenvalue weighted by atomic mass is 9.86. The molecule has 1 rings (SSSR count). The average Bonchev–Trinajstić information content (AvgIpc) is 2.29. The maximum Gasteiger partial charge on any atom is 0.123 e. The summed E-state index contributed by atoms with van der Waals surface area (Å²) in [5.41, 5.74) is 4.78. The second-order valence-electron chi connectivity index (χ2n) is 5.04. The Bertz CT molecular complexity index is 339. The molecule has 0 fully saturated rings. The van der Waals surface area contributed by atoms with Gasteiger partial charge in [-0.25, -0.2) is 4.39 Å². The van der Waals surface area contributed by atoms with Gasteiger partial charge in [0.05, 0.1) is 0 Å². The van der Waals surface area contributed by atoms with E-state index < -0.39 is 0 Å². The molecule has 0 saturated heterocycles. The fourth-order valence-corrected chi connectivity index (χ4v) is 2.67. The minimum absolute atomic E-state index is 0.0410. The van der Waals surface area contributed by atoms with Crippen molar-refractivity contribution in [1.29, 1.82) is 0 Å².